The fourth-order valence-electron chi connectivity index (χ4n) is 4.34. The van der Waals surface area contributed by atoms with Gasteiger partial charge in [-0.1, -0.05) is 26.3 Å². The summed E-state index contributed by atoms with van der Waals surface area (Å²) in [6.45, 7) is 6.98. The second-order valence-corrected chi connectivity index (χ2v) is 7.04. The number of unbranched alkanes of at least 4 members (excludes halogenated alkanes) is 1. The van der Waals surface area contributed by atoms with E-state index in [9.17, 15) is 0 Å². The van der Waals surface area contributed by atoms with E-state index in [1.807, 2.05) is 0 Å². The Morgan fingerprint density at radius 3 is 2.95 bits per heavy atom. The van der Waals surface area contributed by atoms with Gasteiger partial charge in [0.2, 0.25) is 0 Å². The molecule has 0 bridgehead atoms. The van der Waals surface area contributed by atoms with Crippen LogP contribution < -0.4 is 10.2 Å². The molecule has 0 unspecified atom stereocenters. The zero-order valence-electron chi connectivity index (χ0n) is 13.9. The van der Waals surface area contributed by atoms with Crippen LogP contribution in [0.2, 0.25) is 0 Å². The Morgan fingerprint density at radius 2 is 2.19 bits per heavy atom. The average Bonchev–Trinajstić information content (AvgIpc) is 2.86. The predicted octanol–water partition coefficient (Wildman–Crippen LogP) is 4.30. The fraction of sp³-hybridized carbons (Fsp3) is 0.684. The van der Waals surface area contributed by atoms with Crippen molar-refractivity contribution in [3.05, 3.63) is 29.3 Å². The summed E-state index contributed by atoms with van der Waals surface area (Å²) < 4.78 is 0. The standard InChI is InChI=1S/C19H30N2/c1-4-6-12-21(3)16-9-8-15-14-19(5-2)10-7-11-20-18(19)17(15)13-16/h8-9,13,18,20H,4-7,10-12,14H2,1-3H3/t18-,19+/m0/s1. The summed E-state index contributed by atoms with van der Waals surface area (Å²) in [5.41, 5.74) is 5.05. The topological polar surface area (TPSA) is 15.3 Å². The number of nitrogens with one attached hydrogen (secondary N) is 1. The van der Waals surface area contributed by atoms with E-state index in [2.05, 4.69) is 49.3 Å². The lowest BCUT2D eigenvalue weighted by atomic mass is 9.72. The van der Waals surface area contributed by atoms with Gasteiger partial charge in [0.1, 0.15) is 0 Å². The van der Waals surface area contributed by atoms with Crippen LogP contribution in [0.15, 0.2) is 18.2 Å². The van der Waals surface area contributed by atoms with Gasteiger partial charge in [0, 0.05) is 25.3 Å². The van der Waals surface area contributed by atoms with Crippen molar-refractivity contribution in [3.8, 4) is 0 Å². The lowest BCUT2D eigenvalue weighted by Gasteiger charge is -2.40. The van der Waals surface area contributed by atoms with Gasteiger partial charge in [-0.3, -0.25) is 0 Å². The first-order chi connectivity index (χ1) is 10.2. The highest BCUT2D eigenvalue weighted by Crippen LogP contribution is 2.53. The molecule has 1 aliphatic heterocycles. The van der Waals surface area contributed by atoms with Crippen LogP contribution in [0.1, 0.15) is 63.1 Å². The molecule has 2 atom stereocenters. The number of rotatable bonds is 5. The Balaban J connectivity index is 1.87. The molecule has 2 heteroatoms. The third-order valence-electron chi connectivity index (χ3n) is 5.79. The highest BCUT2D eigenvalue weighted by molar-refractivity contribution is 5.54. The maximum absolute atomic E-state index is 3.82. The van der Waals surface area contributed by atoms with E-state index in [-0.39, 0.29) is 0 Å². The van der Waals surface area contributed by atoms with E-state index in [1.165, 1.54) is 50.8 Å². The Bertz CT molecular complexity index is 496. The van der Waals surface area contributed by atoms with Crippen LogP contribution in [-0.4, -0.2) is 20.1 Å². The average molecular weight is 286 g/mol. The van der Waals surface area contributed by atoms with Gasteiger partial charge in [-0.05, 0) is 67.3 Å². The first kappa shape index (κ1) is 14.9. The highest BCUT2D eigenvalue weighted by Gasteiger charge is 2.45. The van der Waals surface area contributed by atoms with E-state index >= 15 is 0 Å². The fourth-order valence-corrected chi connectivity index (χ4v) is 4.34. The Hall–Kier alpha value is -1.02. The van der Waals surface area contributed by atoms with Crippen molar-refractivity contribution in [2.75, 3.05) is 25.0 Å². The molecule has 1 N–H and O–H groups in total. The molecule has 1 aromatic rings. The molecule has 0 spiro atoms. The van der Waals surface area contributed by atoms with Gasteiger partial charge < -0.3 is 10.2 Å². The van der Waals surface area contributed by atoms with Gasteiger partial charge in [-0.25, -0.2) is 0 Å². The number of anilines is 1. The van der Waals surface area contributed by atoms with Gasteiger partial charge in [-0.15, -0.1) is 0 Å². The third-order valence-corrected chi connectivity index (χ3v) is 5.79. The molecule has 1 saturated heterocycles. The molecular formula is C19H30N2. The van der Waals surface area contributed by atoms with Gasteiger partial charge in [-0.2, -0.15) is 0 Å². The number of hydrogen-bond donors (Lipinski definition) is 1. The predicted molar refractivity (Wildman–Crippen MR) is 91.0 cm³/mol. The Labute approximate surface area is 129 Å². The lowest BCUT2D eigenvalue weighted by molar-refractivity contribution is 0.146. The van der Waals surface area contributed by atoms with E-state index in [0.29, 0.717) is 11.5 Å². The zero-order valence-corrected chi connectivity index (χ0v) is 13.9. The van der Waals surface area contributed by atoms with Crippen molar-refractivity contribution >= 4 is 5.69 Å². The minimum atomic E-state index is 0.487. The molecule has 2 aliphatic rings. The monoisotopic (exact) mass is 286 g/mol. The Kier molecular flexibility index (Phi) is 4.26. The van der Waals surface area contributed by atoms with E-state index < -0.39 is 0 Å². The summed E-state index contributed by atoms with van der Waals surface area (Å²) in [5.74, 6) is 0. The molecule has 3 rings (SSSR count). The van der Waals surface area contributed by atoms with Crippen molar-refractivity contribution in [3.63, 3.8) is 0 Å². The summed E-state index contributed by atoms with van der Waals surface area (Å²) in [7, 11) is 2.23. The SMILES string of the molecule is CCCCN(C)c1ccc2c(c1)[C@@H]1NCCC[C@]1(CC)C2. The van der Waals surface area contributed by atoms with Crippen molar-refractivity contribution in [2.24, 2.45) is 5.41 Å². The summed E-state index contributed by atoms with van der Waals surface area (Å²) in [5, 5.41) is 3.82. The third kappa shape index (κ3) is 2.59. The molecule has 116 valence electrons. The maximum atomic E-state index is 3.82. The first-order valence-electron chi connectivity index (χ1n) is 8.77. The van der Waals surface area contributed by atoms with Gasteiger partial charge in [0.25, 0.3) is 0 Å². The molecule has 0 aromatic heterocycles. The summed E-state index contributed by atoms with van der Waals surface area (Å²) in [4.78, 5) is 2.42. The van der Waals surface area contributed by atoms with Crippen LogP contribution in [0, 0.1) is 5.41 Å². The molecule has 21 heavy (non-hydrogen) atoms. The van der Waals surface area contributed by atoms with Crippen molar-refractivity contribution < 1.29 is 0 Å². The smallest absolute Gasteiger partial charge is 0.0383 e. The van der Waals surface area contributed by atoms with Crippen LogP contribution in [0.25, 0.3) is 0 Å². The van der Waals surface area contributed by atoms with E-state index in [0.717, 1.165) is 6.54 Å². The number of benzene rings is 1. The quantitative estimate of drug-likeness (QED) is 0.868. The first-order valence-corrected chi connectivity index (χ1v) is 8.77. The molecule has 0 amide bonds. The maximum Gasteiger partial charge on any atom is 0.0383 e. The zero-order chi connectivity index (χ0) is 14.9. The lowest BCUT2D eigenvalue weighted by Crippen LogP contribution is -2.40. The van der Waals surface area contributed by atoms with Crippen LogP contribution in [-0.2, 0) is 6.42 Å². The number of hydrogen-bond acceptors (Lipinski definition) is 2. The normalized spacial score (nSPS) is 27.3. The molecule has 1 heterocycles. The molecular weight excluding hydrogens is 256 g/mol. The van der Waals surface area contributed by atoms with Crippen LogP contribution in [0.5, 0.6) is 0 Å². The van der Waals surface area contributed by atoms with Crippen LogP contribution in [0.4, 0.5) is 5.69 Å². The molecule has 1 aromatic carbocycles. The summed E-state index contributed by atoms with van der Waals surface area (Å²) in [6, 6.07) is 7.77. The van der Waals surface area contributed by atoms with Crippen molar-refractivity contribution in [1.82, 2.24) is 5.32 Å². The van der Waals surface area contributed by atoms with Crippen LogP contribution >= 0.6 is 0 Å². The second kappa shape index (κ2) is 6.00. The van der Waals surface area contributed by atoms with Gasteiger partial charge in [0.15, 0.2) is 0 Å². The van der Waals surface area contributed by atoms with E-state index in [1.54, 1.807) is 11.1 Å². The van der Waals surface area contributed by atoms with Gasteiger partial charge >= 0.3 is 0 Å². The molecule has 0 radical (unpaired) electrons. The molecule has 0 saturated carbocycles. The van der Waals surface area contributed by atoms with Crippen molar-refractivity contribution in [1.29, 1.82) is 0 Å². The second-order valence-electron chi connectivity index (χ2n) is 7.04. The summed E-state index contributed by atoms with van der Waals surface area (Å²) >= 11 is 0. The number of nitrogens with zero attached hydrogens (tertiary/aromatic N) is 1. The molecule has 1 fully saturated rings. The molecule has 1 aliphatic carbocycles. The highest BCUT2D eigenvalue weighted by atomic mass is 15.1. The largest absolute Gasteiger partial charge is 0.375 e. The number of piperidine rings is 1. The Morgan fingerprint density at radius 1 is 1.33 bits per heavy atom. The minimum Gasteiger partial charge on any atom is -0.375 e. The minimum absolute atomic E-state index is 0.487. The van der Waals surface area contributed by atoms with Crippen LogP contribution in [0.3, 0.4) is 0 Å². The van der Waals surface area contributed by atoms with Crippen molar-refractivity contribution in [2.45, 2.75) is 58.4 Å². The number of fused-ring (bicyclic) bond motifs is 3. The van der Waals surface area contributed by atoms with E-state index in [4.69, 9.17) is 0 Å². The molecule has 2 nitrogen and oxygen atoms in total. The van der Waals surface area contributed by atoms with Gasteiger partial charge in [0.05, 0.1) is 0 Å². The summed E-state index contributed by atoms with van der Waals surface area (Å²) in [6.07, 6.45) is 7.82.